The van der Waals surface area contributed by atoms with Crippen molar-refractivity contribution in [3.8, 4) is 16.3 Å². The first-order chi connectivity index (χ1) is 14.6. The lowest BCUT2D eigenvalue weighted by molar-refractivity contribution is 0.0361. The number of aliphatic hydroxyl groups is 1. The van der Waals surface area contributed by atoms with Crippen LogP contribution in [0, 0.1) is 5.41 Å². The van der Waals surface area contributed by atoms with Crippen LogP contribution in [0.15, 0.2) is 60.8 Å². The van der Waals surface area contributed by atoms with E-state index in [0.29, 0.717) is 18.0 Å². The number of rotatable bonds is 6. The van der Waals surface area contributed by atoms with Gasteiger partial charge in [-0.1, -0.05) is 30.3 Å². The maximum absolute atomic E-state index is 13.0. The first-order valence-electron chi connectivity index (χ1n) is 10.2. The van der Waals surface area contributed by atoms with E-state index in [1.165, 1.54) is 16.9 Å². The Balaban J connectivity index is 1.41. The highest BCUT2D eigenvalue weighted by Crippen LogP contribution is 2.36. The lowest BCUT2D eigenvalue weighted by Gasteiger charge is -2.40. The molecule has 0 bridgehead atoms. The monoisotopic (exact) mass is 422 g/mol. The summed E-state index contributed by atoms with van der Waals surface area (Å²) in [4.78, 5) is 20.0. The van der Waals surface area contributed by atoms with Gasteiger partial charge in [-0.15, -0.1) is 11.3 Å². The van der Waals surface area contributed by atoms with Crippen molar-refractivity contribution in [3.05, 3.63) is 71.2 Å². The molecule has 2 heterocycles. The third-order valence-electron chi connectivity index (χ3n) is 5.92. The summed E-state index contributed by atoms with van der Waals surface area (Å²) in [5.41, 5.74) is 2.05. The lowest BCUT2D eigenvalue weighted by atomic mass is 9.74. The molecule has 1 fully saturated rings. The van der Waals surface area contributed by atoms with Crippen molar-refractivity contribution in [2.75, 3.05) is 26.8 Å². The predicted molar refractivity (Wildman–Crippen MR) is 119 cm³/mol. The molecule has 0 radical (unpaired) electrons. The molecule has 156 valence electrons. The SMILES string of the molecule is COc1ccc(-c2ncc(C(=O)N3CCC(CO)(Cc4ccccc4)CC3)s2)cc1. The van der Waals surface area contributed by atoms with E-state index in [0.717, 1.165) is 35.6 Å². The van der Waals surface area contributed by atoms with Crippen LogP contribution in [0.1, 0.15) is 28.1 Å². The Bertz CT molecular complexity index is 977. The number of methoxy groups -OCH3 is 1. The minimum absolute atomic E-state index is 0.0264. The van der Waals surface area contributed by atoms with E-state index in [-0.39, 0.29) is 17.9 Å². The quantitative estimate of drug-likeness (QED) is 0.644. The van der Waals surface area contributed by atoms with Crippen LogP contribution in [0.2, 0.25) is 0 Å². The second-order valence-corrected chi connectivity index (χ2v) is 8.90. The third kappa shape index (κ3) is 4.40. The highest BCUT2D eigenvalue weighted by Gasteiger charge is 2.36. The van der Waals surface area contributed by atoms with Crippen LogP contribution in [0.4, 0.5) is 0 Å². The van der Waals surface area contributed by atoms with Gasteiger partial charge in [0.1, 0.15) is 15.6 Å². The Labute approximate surface area is 181 Å². The smallest absolute Gasteiger partial charge is 0.265 e. The number of likely N-dealkylation sites (tertiary alicyclic amines) is 1. The summed E-state index contributed by atoms with van der Waals surface area (Å²) < 4.78 is 5.20. The van der Waals surface area contributed by atoms with Crippen LogP contribution in [0.5, 0.6) is 5.75 Å². The molecule has 4 rings (SSSR count). The van der Waals surface area contributed by atoms with Gasteiger partial charge in [0.15, 0.2) is 0 Å². The molecule has 1 aromatic heterocycles. The number of aromatic nitrogens is 1. The second-order valence-electron chi connectivity index (χ2n) is 7.87. The molecule has 30 heavy (non-hydrogen) atoms. The minimum Gasteiger partial charge on any atom is -0.497 e. The number of nitrogens with zero attached hydrogens (tertiary/aromatic N) is 2. The van der Waals surface area contributed by atoms with Gasteiger partial charge in [0.25, 0.3) is 5.91 Å². The second kappa shape index (κ2) is 8.98. The molecule has 0 spiro atoms. The number of aliphatic hydroxyl groups excluding tert-OH is 1. The van der Waals surface area contributed by atoms with Gasteiger partial charge < -0.3 is 14.7 Å². The van der Waals surface area contributed by atoms with Crippen molar-refractivity contribution in [1.82, 2.24) is 9.88 Å². The first-order valence-corrected chi connectivity index (χ1v) is 11.0. The van der Waals surface area contributed by atoms with Crippen molar-refractivity contribution in [1.29, 1.82) is 0 Å². The van der Waals surface area contributed by atoms with E-state index >= 15 is 0 Å². The Hall–Kier alpha value is -2.70. The maximum Gasteiger partial charge on any atom is 0.265 e. The number of hydrogen-bond donors (Lipinski definition) is 1. The molecule has 6 heteroatoms. The predicted octanol–water partition coefficient (Wildman–Crippen LogP) is 4.28. The van der Waals surface area contributed by atoms with E-state index in [1.807, 2.05) is 47.4 Å². The number of carbonyl (C=O) groups excluding carboxylic acids is 1. The zero-order valence-electron chi connectivity index (χ0n) is 17.1. The summed E-state index contributed by atoms with van der Waals surface area (Å²) in [6.07, 6.45) is 4.11. The topological polar surface area (TPSA) is 62.7 Å². The van der Waals surface area contributed by atoms with E-state index < -0.39 is 0 Å². The standard InChI is InChI=1S/C24H26N2O3S/c1-29-20-9-7-19(8-10-20)22-25-16-21(30-22)23(28)26-13-11-24(17-27,12-14-26)15-18-5-3-2-4-6-18/h2-10,16,27H,11-15,17H2,1H3. The van der Waals surface area contributed by atoms with Gasteiger partial charge in [-0.05, 0) is 49.1 Å². The van der Waals surface area contributed by atoms with Crippen molar-refractivity contribution in [2.24, 2.45) is 5.41 Å². The van der Waals surface area contributed by atoms with Gasteiger partial charge in [-0.2, -0.15) is 0 Å². The summed E-state index contributed by atoms with van der Waals surface area (Å²) in [5.74, 6) is 0.821. The zero-order valence-corrected chi connectivity index (χ0v) is 17.9. The third-order valence-corrected chi connectivity index (χ3v) is 6.96. The lowest BCUT2D eigenvalue weighted by Crippen LogP contribution is -2.45. The fourth-order valence-corrected chi connectivity index (χ4v) is 4.89. The molecule has 3 aromatic rings. The molecule has 1 aliphatic heterocycles. The maximum atomic E-state index is 13.0. The van der Waals surface area contributed by atoms with Gasteiger partial charge in [0.2, 0.25) is 0 Å². The molecule has 0 saturated carbocycles. The van der Waals surface area contributed by atoms with Crippen molar-refractivity contribution >= 4 is 17.2 Å². The highest BCUT2D eigenvalue weighted by atomic mass is 32.1. The van der Waals surface area contributed by atoms with Crippen LogP contribution < -0.4 is 4.74 Å². The van der Waals surface area contributed by atoms with E-state index in [2.05, 4.69) is 17.1 Å². The first kappa shape index (κ1) is 20.6. The molecule has 1 aliphatic rings. The van der Waals surface area contributed by atoms with E-state index in [4.69, 9.17) is 4.74 Å². The largest absolute Gasteiger partial charge is 0.497 e. The van der Waals surface area contributed by atoms with Gasteiger partial charge in [0, 0.05) is 30.7 Å². The Morgan fingerprint density at radius 1 is 1.13 bits per heavy atom. The molecule has 2 aromatic carbocycles. The fourth-order valence-electron chi connectivity index (χ4n) is 4.00. The average molecular weight is 423 g/mol. The molecule has 0 aliphatic carbocycles. The number of benzene rings is 2. The average Bonchev–Trinajstić information content (AvgIpc) is 3.30. The van der Waals surface area contributed by atoms with Gasteiger partial charge in [-0.3, -0.25) is 4.79 Å². The number of carbonyl (C=O) groups is 1. The minimum atomic E-state index is -0.153. The fraction of sp³-hybridized carbons (Fsp3) is 0.333. The summed E-state index contributed by atoms with van der Waals surface area (Å²) in [5, 5.41) is 10.9. The van der Waals surface area contributed by atoms with Crippen LogP contribution in [0.3, 0.4) is 0 Å². The zero-order chi connectivity index (χ0) is 21.0. The highest BCUT2D eigenvalue weighted by molar-refractivity contribution is 7.16. The van der Waals surface area contributed by atoms with Crippen molar-refractivity contribution in [3.63, 3.8) is 0 Å². The molecule has 0 unspecified atom stereocenters. The number of hydrogen-bond acceptors (Lipinski definition) is 5. The number of ether oxygens (including phenoxy) is 1. The Morgan fingerprint density at radius 2 is 1.83 bits per heavy atom. The molecular formula is C24H26N2O3S. The molecule has 5 nitrogen and oxygen atoms in total. The number of thiazole rings is 1. The Morgan fingerprint density at radius 3 is 2.47 bits per heavy atom. The normalized spacial score (nSPS) is 15.7. The molecule has 1 N–H and O–H groups in total. The summed E-state index contributed by atoms with van der Waals surface area (Å²) in [6, 6.07) is 18.0. The van der Waals surface area contributed by atoms with Crippen LogP contribution in [-0.4, -0.2) is 47.7 Å². The van der Waals surface area contributed by atoms with Crippen molar-refractivity contribution < 1.29 is 14.6 Å². The summed E-state index contributed by atoms with van der Waals surface area (Å²) >= 11 is 1.42. The number of piperidine rings is 1. The van der Waals surface area contributed by atoms with Gasteiger partial charge in [-0.25, -0.2) is 4.98 Å². The molecule has 1 saturated heterocycles. The molecular weight excluding hydrogens is 396 g/mol. The molecule has 0 atom stereocenters. The van der Waals surface area contributed by atoms with E-state index in [1.54, 1.807) is 13.3 Å². The summed E-state index contributed by atoms with van der Waals surface area (Å²) in [7, 11) is 1.64. The summed E-state index contributed by atoms with van der Waals surface area (Å²) in [6.45, 7) is 1.45. The van der Waals surface area contributed by atoms with Crippen LogP contribution in [-0.2, 0) is 6.42 Å². The number of amides is 1. The van der Waals surface area contributed by atoms with E-state index in [9.17, 15) is 9.90 Å². The van der Waals surface area contributed by atoms with Crippen LogP contribution >= 0.6 is 11.3 Å². The van der Waals surface area contributed by atoms with Gasteiger partial charge in [0.05, 0.1) is 13.3 Å². The van der Waals surface area contributed by atoms with Gasteiger partial charge >= 0.3 is 0 Å². The molecule has 1 amide bonds. The van der Waals surface area contributed by atoms with Crippen LogP contribution in [0.25, 0.3) is 10.6 Å². The Kier molecular flexibility index (Phi) is 6.16. The van der Waals surface area contributed by atoms with Crippen molar-refractivity contribution in [2.45, 2.75) is 19.3 Å².